The fraction of sp³-hybridized carbons (Fsp3) is 0.154. The van der Waals surface area contributed by atoms with Gasteiger partial charge in [-0.05, 0) is 87.4 Å². The monoisotopic (exact) mass is 745 g/mol. The van der Waals surface area contributed by atoms with Crippen molar-refractivity contribution in [3.63, 3.8) is 0 Å². The van der Waals surface area contributed by atoms with Crippen molar-refractivity contribution in [3.8, 4) is 34.6 Å². The quantitative estimate of drug-likeness (QED) is 0.0876. The first-order valence-corrected chi connectivity index (χ1v) is 16.2. The molecule has 0 saturated carbocycles. The molecule has 4 N–H and O–H groups in total. The Kier molecular flexibility index (Phi) is 13.1. The number of phenolic OH excluding ortho intramolecular Hbond substituents is 2. The summed E-state index contributed by atoms with van der Waals surface area (Å²) in [5.74, 6) is -0.523. The van der Waals surface area contributed by atoms with E-state index in [9.17, 15) is 25.2 Å². The third-order valence-corrected chi connectivity index (χ3v) is 7.76. The Hall–Kier alpha value is -6.18. The Morgan fingerprint density at radius 1 is 0.692 bits per heavy atom. The maximum atomic E-state index is 11.8. The Morgan fingerprint density at radius 3 is 1.62 bits per heavy atom. The van der Waals surface area contributed by atoms with Crippen LogP contribution in [0.1, 0.15) is 52.3 Å². The summed E-state index contributed by atoms with van der Waals surface area (Å²) in [5, 5.41) is 49.6. The fourth-order valence-electron chi connectivity index (χ4n) is 4.98. The number of carbonyl (C=O) groups excluding carboxylic acids is 1. The second-order valence-corrected chi connectivity index (χ2v) is 11.3. The van der Waals surface area contributed by atoms with Crippen molar-refractivity contribution in [1.82, 2.24) is 19.6 Å². The minimum atomic E-state index is -0.495. The smallest absolute Gasteiger partial charge is 0.338 e. The molecule has 52 heavy (non-hydrogen) atoms. The average molecular weight is 746 g/mol. The Balaban J connectivity index is 0.000000230. The van der Waals surface area contributed by atoms with Gasteiger partial charge in [-0.25, -0.2) is 14.2 Å². The average Bonchev–Trinajstić information content (AvgIpc) is 3.60. The van der Waals surface area contributed by atoms with E-state index >= 15 is 0 Å². The first-order chi connectivity index (χ1) is 24.6. The van der Waals surface area contributed by atoms with E-state index in [-0.39, 0.29) is 57.9 Å². The standard InChI is InChI=1S/C20H19N3O4.C19H19N3O2.Co/c1-3-27-20(26)14-9-10-18(24)17(11-14)21-12-16-13(2)22-23(19(16)25)15-7-5-4-6-8-15;1-3-14-9-10-18(23)17(11-14)20-12-16-13(2)21-22(19(16)24)15-7-5-4-6-8-15;/h4-12,24-25H,3H2,1-2H3;4-12,23-24H,3H2,1-2H3;. The summed E-state index contributed by atoms with van der Waals surface area (Å²) in [6.07, 6.45) is 3.80. The van der Waals surface area contributed by atoms with E-state index in [2.05, 4.69) is 20.2 Å². The molecule has 0 fully saturated rings. The molecule has 6 rings (SSSR count). The van der Waals surface area contributed by atoms with Crippen molar-refractivity contribution in [2.45, 2.75) is 34.1 Å². The predicted octanol–water partition coefficient (Wildman–Crippen LogP) is 7.42. The van der Waals surface area contributed by atoms with Crippen molar-refractivity contribution >= 4 is 29.8 Å². The number of benzene rings is 4. The van der Waals surface area contributed by atoms with Gasteiger partial charge in [-0.3, -0.25) is 9.98 Å². The summed E-state index contributed by atoms with van der Waals surface area (Å²) < 4.78 is 7.83. The topological polar surface area (TPSA) is 168 Å². The number of aromatic hydroxyl groups is 4. The van der Waals surface area contributed by atoms with Crippen LogP contribution < -0.4 is 0 Å². The summed E-state index contributed by atoms with van der Waals surface area (Å²) in [4.78, 5) is 20.4. The molecule has 0 saturated heterocycles. The molecule has 0 atom stereocenters. The van der Waals surface area contributed by atoms with Gasteiger partial charge in [-0.1, -0.05) is 49.4 Å². The molecule has 12 nitrogen and oxygen atoms in total. The van der Waals surface area contributed by atoms with Crippen molar-refractivity contribution < 1.29 is 46.7 Å². The van der Waals surface area contributed by atoms with E-state index in [1.54, 1.807) is 19.9 Å². The third-order valence-electron chi connectivity index (χ3n) is 7.76. The molecule has 0 aliphatic rings. The Labute approximate surface area is 311 Å². The molecular weight excluding hydrogens is 707 g/mol. The largest absolute Gasteiger partial charge is 0.506 e. The Bertz CT molecular complexity index is 2200. The minimum absolute atomic E-state index is 0. The molecule has 2 aromatic heterocycles. The zero-order valence-corrected chi connectivity index (χ0v) is 30.0. The normalized spacial score (nSPS) is 10.9. The molecule has 0 amide bonds. The first kappa shape index (κ1) is 38.6. The van der Waals surface area contributed by atoms with E-state index in [0.717, 1.165) is 17.7 Å². The van der Waals surface area contributed by atoms with Crippen LogP contribution in [-0.2, 0) is 27.9 Å². The number of aromatic nitrogens is 4. The van der Waals surface area contributed by atoms with E-state index in [1.807, 2.05) is 86.6 Å². The van der Waals surface area contributed by atoms with Gasteiger partial charge >= 0.3 is 5.97 Å². The second-order valence-electron chi connectivity index (χ2n) is 11.3. The zero-order chi connectivity index (χ0) is 36.5. The van der Waals surface area contributed by atoms with Crippen LogP contribution in [-0.4, -0.2) is 65.0 Å². The molecule has 0 bridgehead atoms. The summed E-state index contributed by atoms with van der Waals surface area (Å²) in [5.41, 5.74) is 5.68. The SMILES string of the molecule is CCOC(=O)c1ccc(O)c(N=Cc2c(C)nn(-c3ccccc3)c2O)c1.CCc1ccc(O)c(N=Cc2c(C)nn(-c3ccccc3)c2O)c1.[Co]. The van der Waals surface area contributed by atoms with Crippen LogP contribution in [0, 0.1) is 13.8 Å². The zero-order valence-electron chi connectivity index (χ0n) is 28.9. The number of para-hydroxylation sites is 2. The molecule has 13 heteroatoms. The van der Waals surface area contributed by atoms with Crippen molar-refractivity contribution in [1.29, 1.82) is 0 Å². The van der Waals surface area contributed by atoms with Crippen molar-refractivity contribution in [3.05, 3.63) is 131 Å². The third kappa shape index (κ3) is 8.93. The molecule has 0 unspecified atom stereocenters. The van der Waals surface area contributed by atoms with Gasteiger partial charge in [0.25, 0.3) is 0 Å². The summed E-state index contributed by atoms with van der Waals surface area (Å²) in [6.45, 7) is 7.56. The van der Waals surface area contributed by atoms with E-state index in [4.69, 9.17) is 4.74 Å². The van der Waals surface area contributed by atoms with Crippen LogP contribution >= 0.6 is 0 Å². The van der Waals surface area contributed by atoms with Crippen LogP contribution in [0.2, 0.25) is 0 Å². The molecule has 2 heterocycles. The van der Waals surface area contributed by atoms with Gasteiger partial charge < -0.3 is 25.2 Å². The predicted molar refractivity (Wildman–Crippen MR) is 196 cm³/mol. The van der Waals surface area contributed by atoms with Crippen molar-refractivity contribution in [2.75, 3.05) is 6.61 Å². The van der Waals surface area contributed by atoms with E-state index in [1.165, 1.54) is 40.0 Å². The Morgan fingerprint density at radius 2 is 1.15 bits per heavy atom. The van der Waals surface area contributed by atoms with Gasteiger partial charge in [0.2, 0.25) is 11.8 Å². The minimum Gasteiger partial charge on any atom is -0.506 e. The first-order valence-electron chi connectivity index (χ1n) is 16.2. The summed E-state index contributed by atoms with van der Waals surface area (Å²) >= 11 is 0. The number of hydrogen-bond donors (Lipinski definition) is 4. The number of aliphatic imine (C=N–C) groups is 2. The van der Waals surface area contributed by atoms with Gasteiger partial charge in [0.05, 0.1) is 46.1 Å². The number of rotatable bonds is 9. The van der Waals surface area contributed by atoms with Crippen LogP contribution in [0.25, 0.3) is 11.4 Å². The van der Waals surface area contributed by atoms with Crippen LogP contribution in [0.4, 0.5) is 11.4 Å². The number of phenols is 2. The van der Waals surface area contributed by atoms with Gasteiger partial charge in [-0.2, -0.15) is 10.2 Å². The van der Waals surface area contributed by atoms with Crippen LogP contribution in [0.5, 0.6) is 23.3 Å². The summed E-state index contributed by atoms with van der Waals surface area (Å²) in [7, 11) is 0. The summed E-state index contributed by atoms with van der Waals surface area (Å²) in [6, 6.07) is 28.2. The second kappa shape index (κ2) is 17.7. The van der Waals surface area contributed by atoms with Crippen LogP contribution in [0.15, 0.2) is 107 Å². The number of nitrogens with zero attached hydrogens (tertiary/aromatic N) is 6. The molecule has 0 aliphatic heterocycles. The fourth-order valence-corrected chi connectivity index (χ4v) is 4.98. The number of ether oxygens (including phenoxy) is 1. The van der Waals surface area contributed by atoms with E-state index < -0.39 is 5.97 Å². The molecule has 1 radical (unpaired) electrons. The van der Waals surface area contributed by atoms with Gasteiger partial charge in [0.15, 0.2) is 0 Å². The van der Waals surface area contributed by atoms with Gasteiger partial charge in [0, 0.05) is 29.2 Å². The molecule has 6 aromatic rings. The van der Waals surface area contributed by atoms with E-state index in [0.29, 0.717) is 33.9 Å². The molecular formula is C39H38CoN6O6. The van der Waals surface area contributed by atoms with Gasteiger partial charge in [-0.15, -0.1) is 0 Å². The number of aryl methyl sites for hydroxylation is 3. The maximum Gasteiger partial charge on any atom is 0.338 e. The van der Waals surface area contributed by atoms with Crippen molar-refractivity contribution in [2.24, 2.45) is 9.98 Å². The molecule has 269 valence electrons. The molecule has 4 aromatic carbocycles. The molecule has 0 spiro atoms. The molecule has 0 aliphatic carbocycles. The van der Waals surface area contributed by atoms with Crippen LogP contribution in [0.3, 0.4) is 0 Å². The number of hydrogen-bond acceptors (Lipinski definition) is 10. The maximum absolute atomic E-state index is 11.8. The van der Waals surface area contributed by atoms with Gasteiger partial charge in [0.1, 0.15) is 22.9 Å². The number of carbonyl (C=O) groups is 1. The number of esters is 1.